The standard InChI is InChI=1S/C22H25N3O4S2/c1-14-10-15(2)13-25(12-14)31(27,28)18-7-4-16(5-8-18)21(26)24-22-23-19-9-6-17(29-3)11-20(19)30-22/h4-9,11,14-15H,10,12-13H2,1-3H3,(H,23,24,26)/t14-,15+. The average molecular weight is 460 g/mol. The van der Waals surface area contributed by atoms with Crippen LogP contribution in [0.15, 0.2) is 47.4 Å². The van der Waals surface area contributed by atoms with Crippen LogP contribution in [0.3, 0.4) is 0 Å². The molecular formula is C22H25N3O4S2. The molecule has 31 heavy (non-hydrogen) atoms. The molecule has 0 bridgehead atoms. The Morgan fingerprint density at radius 3 is 2.45 bits per heavy atom. The van der Waals surface area contributed by atoms with Gasteiger partial charge >= 0.3 is 0 Å². The lowest BCUT2D eigenvalue weighted by molar-refractivity contribution is 0.102. The van der Waals surface area contributed by atoms with Gasteiger partial charge in [0.2, 0.25) is 10.0 Å². The van der Waals surface area contributed by atoms with Gasteiger partial charge in [0, 0.05) is 18.7 Å². The van der Waals surface area contributed by atoms with E-state index < -0.39 is 10.0 Å². The van der Waals surface area contributed by atoms with Crippen molar-refractivity contribution in [3.8, 4) is 5.75 Å². The number of fused-ring (bicyclic) bond motifs is 1. The van der Waals surface area contributed by atoms with Gasteiger partial charge < -0.3 is 4.74 Å². The van der Waals surface area contributed by atoms with E-state index >= 15 is 0 Å². The van der Waals surface area contributed by atoms with Gasteiger partial charge in [-0.05, 0) is 60.7 Å². The lowest BCUT2D eigenvalue weighted by Crippen LogP contribution is -2.42. The number of thiazole rings is 1. The van der Waals surface area contributed by atoms with Crippen molar-refractivity contribution in [2.24, 2.45) is 11.8 Å². The van der Waals surface area contributed by atoms with Crippen LogP contribution in [0.4, 0.5) is 5.13 Å². The van der Waals surface area contributed by atoms with Crippen LogP contribution in [0, 0.1) is 11.8 Å². The zero-order valence-electron chi connectivity index (χ0n) is 17.7. The molecular weight excluding hydrogens is 434 g/mol. The van der Waals surface area contributed by atoms with Crippen LogP contribution in [-0.4, -0.2) is 43.8 Å². The van der Waals surface area contributed by atoms with Gasteiger partial charge in [-0.2, -0.15) is 4.31 Å². The molecule has 1 N–H and O–H groups in total. The Hall–Kier alpha value is -2.49. The molecule has 7 nitrogen and oxygen atoms in total. The number of methoxy groups -OCH3 is 1. The minimum absolute atomic E-state index is 0.206. The topological polar surface area (TPSA) is 88.6 Å². The molecule has 0 aliphatic carbocycles. The number of hydrogen-bond acceptors (Lipinski definition) is 6. The molecule has 1 aromatic heterocycles. The zero-order valence-corrected chi connectivity index (χ0v) is 19.3. The fraction of sp³-hybridized carbons (Fsp3) is 0.364. The van der Waals surface area contributed by atoms with Crippen molar-refractivity contribution in [3.63, 3.8) is 0 Å². The number of rotatable bonds is 5. The third-order valence-electron chi connectivity index (χ3n) is 5.41. The van der Waals surface area contributed by atoms with E-state index in [0.717, 1.165) is 22.4 Å². The number of ether oxygens (including phenoxy) is 1. The Labute approximate surface area is 186 Å². The second-order valence-corrected chi connectivity index (χ2v) is 11.1. The smallest absolute Gasteiger partial charge is 0.257 e. The molecule has 1 aliphatic rings. The molecule has 0 radical (unpaired) electrons. The number of nitrogens with one attached hydrogen (secondary N) is 1. The van der Waals surface area contributed by atoms with E-state index in [9.17, 15) is 13.2 Å². The van der Waals surface area contributed by atoms with E-state index in [1.54, 1.807) is 11.4 Å². The molecule has 0 spiro atoms. The van der Waals surface area contributed by atoms with Crippen molar-refractivity contribution in [2.45, 2.75) is 25.2 Å². The third kappa shape index (κ3) is 4.58. The summed E-state index contributed by atoms with van der Waals surface area (Å²) in [4.78, 5) is 17.3. The number of aromatic nitrogens is 1. The van der Waals surface area contributed by atoms with E-state index in [2.05, 4.69) is 24.1 Å². The van der Waals surface area contributed by atoms with Crippen LogP contribution in [-0.2, 0) is 10.0 Å². The van der Waals surface area contributed by atoms with Crippen molar-refractivity contribution in [1.29, 1.82) is 0 Å². The monoisotopic (exact) mass is 459 g/mol. The maximum atomic E-state index is 13.0. The largest absolute Gasteiger partial charge is 0.497 e. The highest BCUT2D eigenvalue weighted by atomic mass is 32.2. The van der Waals surface area contributed by atoms with E-state index in [1.807, 2.05) is 18.2 Å². The molecule has 0 unspecified atom stereocenters. The lowest BCUT2D eigenvalue weighted by Gasteiger charge is -2.34. The first-order chi connectivity index (χ1) is 14.8. The van der Waals surface area contributed by atoms with Gasteiger partial charge in [-0.3, -0.25) is 10.1 Å². The number of piperidine rings is 1. The van der Waals surface area contributed by atoms with Gasteiger partial charge in [0.15, 0.2) is 5.13 Å². The Bertz CT molecular complexity index is 1200. The fourth-order valence-electron chi connectivity index (χ4n) is 3.98. The summed E-state index contributed by atoms with van der Waals surface area (Å²) in [6, 6.07) is 11.6. The summed E-state index contributed by atoms with van der Waals surface area (Å²) >= 11 is 1.35. The number of benzene rings is 2. The van der Waals surface area contributed by atoms with Crippen molar-refractivity contribution in [2.75, 3.05) is 25.5 Å². The molecule has 1 saturated heterocycles. The summed E-state index contributed by atoms with van der Waals surface area (Å²) in [6.45, 7) is 5.20. The van der Waals surface area contributed by atoms with Gasteiger partial charge in [-0.15, -0.1) is 0 Å². The molecule has 2 atom stereocenters. The number of carbonyl (C=O) groups is 1. The van der Waals surface area contributed by atoms with Crippen LogP contribution < -0.4 is 10.1 Å². The first-order valence-electron chi connectivity index (χ1n) is 10.1. The highest BCUT2D eigenvalue weighted by Crippen LogP contribution is 2.30. The van der Waals surface area contributed by atoms with E-state index in [4.69, 9.17) is 4.74 Å². The number of hydrogen-bond donors (Lipinski definition) is 1. The van der Waals surface area contributed by atoms with Crippen molar-refractivity contribution < 1.29 is 17.9 Å². The first-order valence-corrected chi connectivity index (χ1v) is 12.4. The predicted octanol–water partition coefficient (Wildman–Crippen LogP) is 4.22. The molecule has 2 heterocycles. The number of amides is 1. The Kier molecular flexibility index (Phi) is 6.00. The summed E-state index contributed by atoms with van der Waals surface area (Å²) in [5, 5.41) is 3.26. The summed E-state index contributed by atoms with van der Waals surface area (Å²) in [7, 11) is -1.98. The lowest BCUT2D eigenvalue weighted by atomic mass is 9.94. The molecule has 1 fully saturated rings. The van der Waals surface area contributed by atoms with Crippen molar-refractivity contribution >= 4 is 42.6 Å². The Morgan fingerprint density at radius 1 is 1.13 bits per heavy atom. The minimum atomic E-state index is -3.57. The third-order valence-corrected chi connectivity index (χ3v) is 8.19. The van der Waals surface area contributed by atoms with Crippen molar-refractivity contribution in [1.82, 2.24) is 9.29 Å². The van der Waals surface area contributed by atoms with Gasteiger partial charge in [-0.25, -0.2) is 13.4 Å². The van der Waals surface area contributed by atoms with Crippen LogP contribution in [0.25, 0.3) is 10.2 Å². The minimum Gasteiger partial charge on any atom is -0.497 e. The van der Waals surface area contributed by atoms with E-state index in [1.165, 1.54) is 35.6 Å². The Morgan fingerprint density at radius 2 is 1.81 bits per heavy atom. The molecule has 3 aromatic rings. The Balaban J connectivity index is 1.49. The number of anilines is 1. The van der Waals surface area contributed by atoms with Gasteiger partial charge in [0.1, 0.15) is 5.75 Å². The maximum Gasteiger partial charge on any atom is 0.257 e. The van der Waals surface area contributed by atoms with E-state index in [0.29, 0.717) is 35.6 Å². The quantitative estimate of drug-likeness (QED) is 0.617. The van der Waals surface area contributed by atoms with Crippen LogP contribution in [0.5, 0.6) is 5.75 Å². The van der Waals surface area contributed by atoms with Crippen LogP contribution in [0.2, 0.25) is 0 Å². The molecule has 164 valence electrons. The predicted molar refractivity (Wildman–Crippen MR) is 122 cm³/mol. The van der Waals surface area contributed by atoms with Crippen LogP contribution >= 0.6 is 11.3 Å². The van der Waals surface area contributed by atoms with E-state index in [-0.39, 0.29) is 10.8 Å². The summed E-state index contributed by atoms with van der Waals surface area (Å²) in [5.74, 6) is 1.05. The molecule has 0 saturated carbocycles. The summed E-state index contributed by atoms with van der Waals surface area (Å²) in [5.41, 5.74) is 1.14. The maximum absolute atomic E-state index is 13.0. The number of nitrogens with zero attached hydrogens (tertiary/aromatic N) is 2. The SMILES string of the molecule is COc1ccc2nc(NC(=O)c3ccc(S(=O)(=O)N4C[C@H](C)C[C@H](C)C4)cc3)sc2c1. The zero-order chi connectivity index (χ0) is 22.2. The normalized spacial score (nSPS) is 20.0. The molecule has 4 rings (SSSR count). The molecule has 1 aliphatic heterocycles. The molecule has 2 aromatic carbocycles. The fourth-order valence-corrected chi connectivity index (χ4v) is 6.55. The molecule has 9 heteroatoms. The molecule has 1 amide bonds. The second-order valence-electron chi connectivity index (χ2n) is 8.10. The summed E-state index contributed by atoms with van der Waals surface area (Å²) in [6.07, 6.45) is 1.03. The van der Waals surface area contributed by atoms with Gasteiger partial charge in [0.05, 0.1) is 22.2 Å². The summed E-state index contributed by atoms with van der Waals surface area (Å²) < 4.78 is 33.7. The highest BCUT2D eigenvalue weighted by Gasteiger charge is 2.31. The van der Waals surface area contributed by atoms with Gasteiger partial charge in [-0.1, -0.05) is 25.2 Å². The average Bonchev–Trinajstić information content (AvgIpc) is 3.14. The van der Waals surface area contributed by atoms with Gasteiger partial charge in [0.25, 0.3) is 5.91 Å². The highest BCUT2D eigenvalue weighted by molar-refractivity contribution is 7.89. The number of carbonyl (C=O) groups excluding carboxylic acids is 1. The second kappa shape index (κ2) is 8.57. The van der Waals surface area contributed by atoms with Crippen LogP contribution in [0.1, 0.15) is 30.6 Å². The number of sulfonamides is 1. The van der Waals surface area contributed by atoms with Crippen molar-refractivity contribution in [3.05, 3.63) is 48.0 Å². The first kappa shape index (κ1) is 21.7.